The number of halogens is 1. The number of fused-ring (bicyclic) bond motifs is 1. The fourth-order valence-corrected chi connectivity index (χ4v) is 3.45. The lowest BCUT2D eigenvalue weighted by atomic mass is 9.68. The van der Waals surface area contributed by atoms with Gasteiger partial charge in [-0.2, -0.15) is 0 Å². The molecular weight excluding hydrogens is 270 g/mol. The van der Waals surface area contributed by atoms with Gasteiger partial charge < -0.3 is 9.64 Å². The molecule has 3 atom stereocenters. The molecule has 2 aliphatic rings. The second-order valence-corrected chi connectivity index (χ2v) is 6.61. The van der Waals surface area contributed by atoms with E-state index in [0.29, 0.717) is 5.92 Å². The highest BCUT2D eigenvalue weighted by Gasteiger charge is 2.48. The molecule has 2 fully saturated rings. The molecule has 3 nitrogen and oxygen atoms in total. The van der Waals surface area contributed by atoms with Crippen molar-refractivity contribution in [3.8, 4) is 0 Å². The molecule has 4 heteroatoms. The number of ether oxygens (including phenoxy) is 1. The monoisotopic (exact) mass is 289 g/mol. The van der Waals surface area contributed by atoms with Crippen molar-refractivity contribution < 1.29 is 9.53 Å². The van der Waals surface area contributed by atoms with Crippen LogP contribution in [0.2, 0.25) is 0 Å². The zero-order chi connectivity index (χ0) is 11.9. The highest BCUT2D eigenvalue weighted by molar-refractivity contribution is 9.09. The number of rotatable bonds is 1. The third kappa shape index (κ3) is 2.36. The zero-order valence-electron chi connectivity index (χ0n) is 10.2. The number of carbonyl (C=O) groups excluding carboxylic acids is 1. The SMILES string of the molecule is CC(C)(C)OC(=O)N1CC2CC(CBr)C2C1. The van der Waals surface area contributed by atoms with Crippen LogP contribution in [0.25, 0.3) is 0 Å². The molecule has 0 aromatic carbocycles. The predicted octanol–water partition coefficient (Wildman–Crippen LogP) is 2.88. The molecule has 1 amide bonds. The maximum absolute atomic E-state index is 11.9. The molecule has 0 spiro atoms. The average molecular weight is 290 g/mol. The van der Waals surface area contributed by atoms with Gasteiger partial charge in [0.05, 0.1) is 0 Å². The van der Waals surface area contributed by atoms with Crippen LogP contribution in [-0.2, 0) is 4.74 Å². The van der Waals surface area contributed by atoms with E-state index in [0.717, 1.165) is 30.3 Å². The minimum atomic E-state index is -0.381. The summed E-state index contributed by atoms with van der Waals surface area (Å²) in [5.41, 5.74) is -0.381. The number of hydrogen-bond acceptors (Lipinski definition) is 2. The van der Waals surface area contributed by atoms with Crippen LogP contribution in [0.1, 0.15) is 27.2 Å². The van der Waals surface area contributed by atoms with Gasteiger partial charge in [-0.15, -0.1) is 0 Å². The van der Waals surface area contributed by atoms with E-state index in [1.165, 1.54) is 6.42 Å². The number of alkyl halides is 1. The van der Waals surface area contributed by atoms with Crippen LogP contribution in [0.5, 0.6) is 0 Å². The van der Waals surface area contributed by atoms with E-state index in [-0.39, 0.29) is 11.7 Å². The third-order valence-corrected chi connectivity index (χ3v) is 4.38. The van der Waals surface area contributed by atoms with E-state index in [1.807, 2.05) is 25.7 Å². The largest absolute Gasteiger partial charge is 0.444 e. The number of amides is 1. The summed E-state index contributed by atoms with van der Waals surface area (Å²) in [6.45, 7) is 7.52. The summed E-state index contributed by atoms with van der Waals surface area (Å²) in [7, 11) is 0. The molecule has 1 saturated carbocycles. The van der Waals surface area contributed by atoms with Crippen molar-refractivity contribution in [2.24, 2.45) is 17.8 Å². The average Bonchev–Trinajstić information content (AvgIpc) is 2.43. The van der Waals surface area contributed by atoms with Gasteiger partial charge in [-0.1, -0.05) is 15.9 Å². The van der Waals surface area contributed by atoms with Gasteiger partial charge in [-0.25, -0.2) is 4.79 Å². The van der Waals surface area contributed by atoms with Crippen molar-refractivity contribution in [2.75, 3.05) is 18.4 Å². The molecule has 1 saturated heterocycles. The maximum Gasteiger partial charge on any atom is 0.410 e. The lowest BCUT2D eigenvalue weighted by Gasteiger charge is -2.37. The van der Waals surface area contributed by atoms with Gasteiger partial charge in [0.15, 0.2) is 0 Å². The van der Waals surface area contributed by atoms with Crippen molar-refractivity contribution in [1.29, 1.82) is 0 Å². The summed E-state index contributed by atoms with van der Waals surface area (Å²) < 4.78 is 5.39. The van der Waals surface area contributed by atoms with Crippen LogP contribution in [0, 0.1) is 17.8 Å². The first kappa shape index (κ1) is 12.2. The molecule has 1 aliphatic heterocycles. The van der Waals surface area contributed by atoms with Crippen LogP contribution in [0.15, 0.2) is 0 Å². The van der Waals surface area contributed by atoms with Crippen LogP contribution in [0.3, 0.4) is 0 Å². The normalized spacial score (nSPS) is 33.2. The quantitative estimate of drug-likeness (QED) is 0.695. The number of hydrogen-bond donors (Lipinski definition) is 0. The molecule has 0 aromatic rings. The predicted molar refractivity (Wildman–Crippen MR) is 66.7 cm³/mol. The van der Waals surface area contributed by atoms with Crippen molar-refractivity contribution in [3.05, 3.63) is 0 Å². The Labute approximate surface area is 106 Å². The van der Waals surface area contributed by atoms with Gasteiger partial charge in [0.1, 0.15) is 5.60 Å². The van der Waals surface area contributed by atoms with Crippen LogP contribution >= 0.6 is 15.9 Å². The minimum absolute atomic E-state index is 0.143. The lowest BCUT2D eigenvalue weighted by Crippen LogP contribution is -2.36. The molecule has 0 N–H and O–H groups in total. The van der Waals surface area contributed by atoms with Gasteiger partial charge in [0.25, 0.3) is 0 Å². The van der Waals surface area contributed by atoms with Crippen molar-refractivity contribution in [1.82, 2.24) is 4.90 Å². The summed E-state index contributed by atoms with van der Waals surface area (Å²) in [5.74, 6) is 2.18. The highest BCUT2D eigenvalue weighted by atomic mass is 79.9. The number of likely N-dealkylation sites (tertiary alicyclic amines) is 1. The molecule has 3 unspecified atom stereocenters. The van der Waals surface area contributed by atoms with Crippen molar-refractivity contribution in [3.63, 3.8) is 0 Å². The Kier molecular flexibility index (Phi) is 3.21. The second kappa shape index (κ2) is 4.21. The molecule has 92 valence electrons. The molecule has 2 rings (SSSR count). The Morgan fingerprint density at radius 3 is 2.69 bits per heavy atom. The Morgan fingerprint density at radius 1 is 1.44 bits per heavy atom. The molecule has 0 bridgehead atoms. The lowest BCUT2D eigenvalue weighted by molar-refractivity contribution is 0.0287. The highest BCUT2D eigenvalue weighted by Crippen LogP contribution is 2.46. The molecule has 1 aliphatic carbocycles. The Morgan fingerprint density at radius 2 is 2.12 bits per heavy atom. The minimum Gasteiger partial charge on any atom is -0.444 e. The first-order valence-electron chi connectivity index (χ1n) is 5.94. The first-order chi connectivity index (χ1) is 7.40. The molecule has 1 heterocycles. The molecule has 0 aromatic heterocycles. The molecule has 0 radical (unpaired) electrons. The number of carbonyl (C=O) groups is 1. The Bertz CT molecular complexity index is 287. The van der Waals surface area contributed by atoms with E-state index in [4.69, 9.17) is 4.74 Å². The van der Waals surface area contributed by atoms with Crippen molar-refractivity contribution in [2.45, 2.75) is 32.8 Å². The van der Waals surface area contributed by atoms with Crippen LogP contribution < -0.4 is 0 Å². The van der Waals surface area contributed by atoms with E-state index in [9.17, 15) is 4.79 Å². The van der Waals surface area contributed by atoms with Gasteiger partial charge in [-0.3, -0.25) is 0 Å². The van der Waals surface area contributed by atoms with Gasteiger partial charge >= 0.3 is 6.09 Å². The van der Waals surface area contributed by atoms with E-state index in [1.54, 1.807) is 0 Å². The molecular formula is C12H20BrNO2. The smallest absolute Gasteiger partial charge is 0.410 e. The second-order valence-electron chi connectivity index (χ2n) is 5.96. The topological polar surface area (TPSA) is 29.5 Å². The van der Waals surface area contributed by atoms with Gasteiger partial charge in [0.2, 0.25) is 0 Å². The van der Waals surface area contributed by atoms with Crippen molar-refractivity contribution >= 4 is 22.0 Å². The summed E-state index contributed by atoms with van der Waals surface area (Å²) in [4.78, 5) is 13.7. The summed E-state index contributed by atoms with van der Waals surface area (Å²) in [5, 5.41) is 1.07. The van der Waals surface area contributed by atoms with Crippen LogP contribution in [0.4, 0.5) is 4.79 Å². The summed E-state index contributed by atoms with van der Waals surface area (Å²) >= 11 is 3.53. The van der Waals surface area contributed by atoms with E-state index < -0.39 is 0 Å². The Hall–Kier alpha value is -0.250. The fourth-order valence-electron chi connectivity index (χ4n) is 2.70. The zero-order valence-corrected chi connectivity index (χ0v) is 11.8. The summed E-state index contributed by atoms with van der Waals surface area (Å²) in [6.07, 6.45) is 1.12. The molecule has 16 heavy (non-hydrogen) atoms. The fraction of sp³-hybridized carbons (Fsp3) is 0.917. The maximum atomic E-state index is 11.9. The van der Waals surface area contributed by atoms with Gasteiger partial charge in [-0.05, 0) is 44.9 Å². The summed E-state index contributed by atoms with van der Waals surface area (Å²) in [6, 6.07) is 0. The van der Waals surface area contributed by atoms with E-state index in [2.05, 4.69) is 15.9 Å². The third-order valence-electron chi connectivity index (χ3n) is 3.55. The standard InChI is InChI=1S/C12H20BrNO2/c1-12(2,3)16-11(15)14-6-9-4-8(5-13)10(9)7-14/h8-10H,4-7H2,1-3H3. The Balaban J connectivity index is 1.87. The van der Waals surface area contributed by atoms with E-state index >= 15 is 0 Å². The van der Waals surface area contributed by atoms with Gasteiger partial charge in [0, 0.05) is 18.4 Å². The first-order valence-corrected chi connectivity index (χ1v) is 7.07. The number of nitrogens with zero attached hydrogens (tertiary/aromatic N) is 1. The van der Waals surface area contributed by atoms with Crippen LogP contribution in [-0.4, -0.2) is 35.0 Å².